The maximum absolute atomic E-state index is 10.5. The van der Waals surface area contributed by atoms with Gasteiger partial charge in [0, 0.05) is 11.1 Å². The van der Waals surface area contributed by atoms with Crippen molar-refractivity contribution in [3.8, 4) is 0 Å². The highest BCUT2D eigenvalue weighted by Gasteiger charge is 2.06. The van der Waals surface area contributed by atoms with E-state index < -0.39 is 17.9 Å². The van der Waals surface area contributed by atoms with Gasteiger partial charge in [-0.15, -0.1) is 0 Å². The molecular formula is C14H20O6. The summed E-state index contributed by atoms with van der Waals surface area (Å²) >= 11 is 0. The fourth-order valence-electron chi connectivity index (χ4n) is 0.874. The summed E-state index contributed by atoms with van der Waals surface area (Å²) < 4.78 is 0. The summed E-state index contributed by atoms with van der Waals surface area (Å²) in [5, 5.41) is 25.2. The molecule has 0 fully saturated rings. The molecule has 0 bridgehead atoms. The minimum atomic E-state index is -1.11. The van der Waals surface area contributed by atoms with Crippen LogP contribution in [0.3, 0.4) is 0 Å². The van der Waals surface area contributed by atoms with Crippen LogP contribution < -0.4 is 0 Å². The van der Waals surface area contributed by atoms with Crippen molar-refractivity contribution in [2.75, 3.05) is 0 Å². The number of rotatable bonds is 6. The third-order valence-corrected chi connectivity index (χ3v) is 2.11. The van der Waals surface area contributed by atoms with Crippen molar-refractivity contribution in [2.45, 2.75) is 33.6 Å². The Balaban J connectivity index is 0. The van der Waals surface area contributed by atoms with Gasteiger partial charge in [0.2, 0.25) is 0 Å². The van der Waals surface area contributed by atoms with E-state index in [9.17, 15) is 14.4 Å². The highest BCUT2D eigenvalue weighted by atomic mass is 16.4. The normalized spacial score (nSPS) is 11.2. The van der Waals surface area contributed by atoms with Crippen LogP contribution in [0.1, 0.15) is 33.6 Å². The lowest BCUT2D eigenvalue weighted by Crippen LogP contribution is -2.02. The van der Waals surface area contributed by atoms with E-state index >= 15 is 0 Å². The molecule has 6 heteroatoms. The number of allylic oxidation sites excluding steroid dienone is 1. The van der Waals surface area contributed by atoms with E-state index in [4.69, 9.17) is 15.3 Å². The summed E-state index contributed by atoms with van der Waals surface area (Å²) in [6.07, 6.45) is 3.70. The van der Waals surface area contributed by atoms with Gasteiger partial charge in [-0.25, -0.2) is 14.4 Å². The molecule has 0 unspecified atom stereocenters. The van der Waals surface area contributed by atoms with Crippen LogP contribution in [0.2, 0.25) is 0 Å². The smallest absolute Gasteiger partial charge is 0.335 e. The summed E-state index contributed by atoms with van der Waals surface area (Å²) in [4.78, 5) is 30.7. The first-order valence-corrected chi connectivity index (χ1v) is 5.93. The van der Waals surface area contributed by atoms with Crippen LogP contribution >= 0.6 is 0 Å². The van der Waals surface area contributed by atoms with Crippen LogP contribution in [0.25, 0.3) is 0 Å². The van der Waals surface area contributed by atoms with E-state index in [1.54, 1.807) is 13.8 Å². The largest absolute Gasteiger partial charge is 0.478 e. The maximum atomic E-state index is 10.5. The van der Waals surface area contributed by atoms with E-state index in [-0.39, 0.29) is 16.7 Å². The van der Waals surface area contributed by atoms with Crippen molar-refractivity contribution in [2.24, 2.45) is 0 Å². The number of hydrogen-bond acceptors (Lipinski definition) is 3. The molecule has 0 amide bonds. The quantitative estimate of drug-likeness (QED) is 0.510. The van der Waals surface area contributed by atoms with Gasteiger partial charge in [-0.1, -0.05) is 26.5 Å². The van der Waals surface area contributed by atoms with Gasteiger partial charge in [0.1, 0.15) is 0 Å². The number of carboxylic acids is 3. The first kappa shape index (κ1) is 20.0. The first-order chi connectivity index (χ1) is 9.17. The van der Waals surface area contributed by atoms with Crippen molar-refractivity contribution >= 4 is 17.9 Å². The van der Waals surface area contributed by atoms with Crippen molar-refractivity contribution in [3.05, 3.63) is 35.5 Å². The van der Waals surface area contributed by atoms with Gasteiger partial charge in [-0.05, 0) is 25.8 Å². The lowest BCUT2D eigenvalue weighted by molar-refractivity contribution is -0.133. The molecule has 0 spiro atoms. The fourth-order valence-corrected chi connectivity index (χ4v) is 0.874. The Morgan fingerprint density at radius 1 is 1.00 bits per heavy atom. The Morgan fingerprint density at radius 3 is 1.70 bits per heavy atom. The molecule has 112 valence electrons. The molecule has 20 heavy (non-hydrogen) atoms. The lowest BCUT2D eigenvalue weighted by Gasteiger charge is -1.95. The molecule has 0 saturated heterocycles. The standard InChI is InChI=1S/C9H12O4.C5H8O2/c1-3-4-7(9(12)13)5-6(2)8(10)11;1-3-4(2)5(6)7/h4-5H,3H2,1-2H3,(H,10,11)(H,12,13);2-3H2,1H3,(H,6,7). The molecule has 0 aliphatic rings. The average molecular weight is 284 g/mol. The van der Waals surface area contributed by atoms with Gasteiger partial charge < -0.3 is 15.3 Å². The molecule has 0 radical (unpaired) electrons. The topological polar surface area (TPSA) is 112 Å². The molecule has 6 nitrogen and oxygen atoms in total. The van der Waals surface area contributed by atoms with Crippen LogP contribution in [0.4, 0.5) is 0 Å². The molecule has 0 aromatic heterocycles. The Bertz CT molecular complexity index is 443. The second-order valence-electron chi connectivity index (χ2n) is 3.77. The number of hydrogen-bond donors (Lipinski definition) is 3. The third kappa shape index (κ3) is 9.64. The highest BCUT2D eigenvalue weighted by Crippen LogP contribution is 2.04. The van der Waals surface area contributed by atoms with Crippen LogP contribution in [0.5, 0.6) is 0 Å². The second-order valence-corrected chi connectivity index (χ2v) is 3.77. The van der Waals surface area contributed by atoms with Gasteiger partial charge in [-0.3, -0.25) is 0 Å². The molecule has 0 rings (SSSR count). The lowest BCUT2D eigenvalue weighted by atomic mass is 10.1. The molecule has 0 aliphatic carbocycles. The predicted octanol–water partition coefficient (Wildman–Crippen LogP) is 2.48. The summed E-state index contributed by atoms with van der Waals surface area (Å²) in [7, 11) is 0. The van der Waals surface area contributed by atoms with E-state index in [2.05, 4.69) is 6.58 Å². The van der Waals surface area contributed by atoms with Crippen molar-refractivity contribution in [1.82, 2.24) is 0 Å². The van der Waals surface area contributed by atoms with Gasteiger partial charge in [0.25, 0.3) is 0 Å². The van der Waals surface area contributed by atoms with E-state index in [0.717, 1.165) is 6.08 Å². The molecule has 0 aromatic rings. The van der Waals surface area contributed by atoms with E-state index in [1.807, 2.05) is 0 Å². The second kappa shape index (κ2) is 10.5. The van der Waals surface area contributed by atoms with Gasteiger partial charge in [-0.2, -0.15) is 0 Å². The summed E-state index contributed by atoms with van der Waals surface area (Å²) in [5.74, 6) is -3.12. The molecule has 0 atom stereocenters. The summed E-state index contributed by atoms with van der Waals surface area (Å²) in [5.41, 5.74) is 0.296. The van der Waals surface area contributed by atoms with Crippen molar-refractivity contribution in [3.63, 3.8) is 0 Å². The van der Waals surface area contributed by atoms with Crippen molar-refractivity contribution in [1.29, 1.82) is 0 Å². The Hall–Kier alpha value is -2.37. The zero-order valence-corrected chi connectivity index (χ0v) is 11.8. The van der Waals surface area contributed by atoms with E-state index in [0.29, 0.717) is 12.8 Å². The minimum absolute atomic E-state index is 0.0158. The number of carboxylic acid groups (broad SMARTS) is 3. The average Bonchev–Trinajstić information content (AvgIpc) is 2.37. The first-order valence-electron chi connectivity index (χ1n) is 5.93. The molecule has 0 saturated carbocycles. The van der Waals surface area contributed by atoms with Gasteiger partial charge >= 0.3 is 17.9 Å². The molecule has 0 aliphatic heterocycles. The van der Waals surface area contributed by atoms with E-state index in [1.165, 1.54) is 13.0 Å². The Kier molecular flexibility index (Phi) is 10.5. The van der Waals surface area contributed by atoms with Crippen LogP contribution in [0, 0.1) is 0 Å². The third-order valence-electron chi connectivity index (χ3n) is 2.11. The number of carbonyl (C=O) groups is 3. The summed E-state index contributed by atoms with van der Waals surface area (Å²) in [6, 6.07) is 0. The monoisotopic (exact) mass is 284 g/mol. The minimum Gasteiger partial charge on any atom is -0.478 e. The zero-order valence-electron chi connectivity index (χ0n) is 11.8. The van der Waals surface area contributed by atoms with Gasteiger partial charge in [0.15, 0.2) is 0 Å². The Labute approximate surface area is 117 Å². The SMILES string of the molecule is C=C(CC)C(=O)O.CCC=C(C=C(C)C(=O)O)C(=O)O. The number of aliphatic carboxylic acids is 3. The molecule has 0 aromatic carbocycles. The molecular weight excluding hydrogens is 264 g/mol. The van der Waals surface area contributed by atoms with Crippen molar-refractivity contribution < 1.29 is 29.7 Å². The molecule has 0 heterocycles. The highest BCUT2D eigenvalue weighted by molar-refractivity contribution is 5.94. The summed E-state index contributed by atoms with van der Waals surface area (Å²) in [6.45, 7) is 8.17. The molecule has 3 N–H and O–H groups in total. The van der Waals surface area contributed by atoms with Crippen LogP contribution in [0.15, 0.2) is 35.5 Å². The Morgan fingerprint density at radius 2 is 1.50 bits per heavy atom. The predicted molar refractivity (Wildman–Crippen MR) is 74.5 cm³/mol. The van der Waals surface area contributed by atoms with Gasteiger partial charge in [0.05, 0.1) is 5.57 Å². The fraction of sp³-hybridized carbons (Fsp3) is 0.357. The zero-order chi connectivity index (χ0) is 16.3. The van der Waals surface area contributed by atoms with Crippen LogP contribution in [-0.4, -0.2) is 33.2 Å². The van der Waals surface area contributed by atoms with Crippen LogP contribution in [-0.2, 0) is 14.4 Å². The maximum Gasteiger partial charge on any atom is 0.335 e.